The molecule has 1 N–H and O–H groups in total. The van der Waals surface area contributed by atoms with Crippen LogP contribution < -0.4 is 5.32 Å². The summed E-state index contributed by atoms with van der Waals surface area (Å²) < 4.78 is 0. The predicted molar refractivity (Wildman–Crippen MR) is 80.0 cm³/mol. The van der Waals surface area contributed by atoms with Gasteiger partial charge in [0.1, 0.15) is 5.82 Å². The fraction of sp³-hybridized carbons (Fsp3) is 0.250. The number of amides is 1. The summed E-state index contributed by atoms with van der Waals surface area (Å²) in [6.45, 7) is 0. The van der Waals surface area contributed by atoms with Gasteiger partial charge in [0.2, 0.25) is 5.91 Å². The molecule has 0 spiro atoms. The summed E-state index contributed by atoms with van der Waals surface area (Å²) in [4.78, 5) is 16.6. The van der Waals surface area contributed by atoms with Gasteiger partial charge in [-0.1, -0.05) is 35.9 Å². The van der Waals surface area contributed by atoms with Gasteiger partial charge in [-0.2, -0.15) is 0 Å². The molecule has 0 fully saturated rings. The lowest BCUT2D eigenvalue weighted by molar-refractivity contribution is -0.117. The lowest BCUT2D eigenvalue weighted by atomic mass is 9.82. The van der Waals surface area contributed by atoms with E-state index in [1.54, 1.807) is 18.3 Å². The zero-order valence-electron chi connectivity index (χ0n) is 11.0. The van der Waals surface area contributed by atoms with Crippen molar-refractivity contribution in [3.05, 3.63) is 58.7 Å². The molecule has 1 heterocycles. The highest BCUT2D eigenvalue weighted by molar-refractivity contribution is 6.30. The van der Waals surface area contributed by atoms with Crippen LogP contribution in [0.5, 0.6) is 0 Å². The van der Waals surface area contributed by atoms with Crippen molar-refractivity contribution in [2.75, 3.05) is 5.32 Å². The van der Waals surface area contributed by atoms with Crippen LogP contribution in [0.1, 0.15) is 29.9 Å². The first-order valence-electron chi connectivity index (χ1n) is 6.74. The standard InChI is InChI=1S/C16H15ClN2O/c17-12-8-9-18-15(10-12)19-16(20)14-7-3-5-11-4-1-2-6-13(11)14/h1-2,4,6,8-10,14H,3,5,7H2,(H,18,19,20). The van der Waals surface area contributed by atoms with Crippen LogP contribution >= 0.6 is 11.6 Å². The lowest BCUT2D eigenvalue weighted by Crippen LogP contribution is -2.25. The van der Waals surface area contributed by atoms with Gasteiger partial charge < -0.3 is 5.32 Å². The maximum absolute atomic E-state index is 12.4. The Morgan fingerprint density at radius 1 is 1.30 bits per heavy atom. The van der Waals surface area contributed by atoms with Gasteiger partial charge in [-0.25, -0.2) is 4.98 Å². The molecule has 1 aliphatic rings. The number of hydrogen-bond acceptors (Lipinski definition) is 2. The normalized spacial score (nSPS) is 17.4. The van der Waals surface area contributed by atoms with Crippen LogP contribution in [0.2, 0.25) is 5.02 Å². The first-order valence-corrected chi connectivity index (χ1v) is 7.12. The fourth-order valence-electron chi connectivity index (χ4n) is 2.71. The van der Waals surface area contributed by atoms with Crippen LogP contribution in [0.25, 0.3) is 0 Å². The Bertz CT molecular complexity index is 642. The van der Waals surface area contributed by atoms with E-state index in [2.05, 4.69) is 16.4 Å². The third kappa shape index (κ3) is 2.68. The molecule has 3 nitrogen and oxygen atoms in total. The molecule has 0 aliphatic heterocycles. The smallest absolute Gasteiger partial charge is 0.233 e. The molecule has 1 aromatic heterocycles. The molecule has 0 bridgehead atoms. The summed E-state index contributed by atoms with van der Waals surface area (Å²) >= 11 is 5.90. The molecular weight excluding hydrogens is 272 g/mol. The van der Waals surface area contributed by atoms with Crippen molar-refractivity contribution in [3.8, 4) is 0 Å². The van der Waals surface area contributed by atoms with Gasteiger partial charge in [0.05, 0.1) is 5.92 Å². The minimum absolute atomic E-state index is 0.00748. The molecule has 3 rings (SSSR count). The van der Waals surface area contributed by atoms with Gasteiger partial charge in [0.15, 0.2) is 0 Å². The first-order chi connectivity index (χ1) is 9.74. The average Bonchev–Trinajstić information content (AvgIpc) is 2.46. The van der Waals surface area contributed by atoms with Crippen LogP contribution in [0.3, 0.4) is 0 Å². The Kier molecular flexibility index (Phi) is 3.70. The average molecular weight is 287 g/mol. The second-order valence-corrected chi connectivity index (χ2v) is 5.43. The highest BCUT2D eigenvalue weighted by atomic mass is 35.5. The number of rotatable bonds is 2. The Morgan fingerprint density at radius 3 is 3.00 bits per heavy atom. The van der Waals surface area contributed by atoms with E-state index in [1.807, 2.05) is 18.2 Å². The van der Waals surface area contributed by atoms with Crippen molar-refractivity contribution in [2.45, 2.75) is 25.2 Å². The molecule has 4 heteroatoms. The summed E-state index contributed by atoms with van der Waals surface area (Å²) in [6, 6.07) is 11.5. The van der Waals surface area contributed by atoms with E-state index < -0.39 is 0 Å². The van der Waals surface area contributed by atoms with Crippen LogP contribution in [-0.2, 0) is 11.2 Å². The molecule has 1 atom stereocenters. The molecule has 20 heavy (non-hydrogen) atoms. The molecule has 0 radical (unpaired) electrons. The van der Waals surface area contributed by atoms with E-state index in [1.165, 1.54) is 5.56 Å². The number of anilines is 1. The minimum Gasteiger partial charge on any atom is -0.310 e. The molecule has 1 amide bonds. The van der Waals surface area contributed by atoms with E-state index in [4.69, 9.17) is 11.6 Å². The van der Waals surface area contributed by atoms with Crippen molar-refractivity contribution in [1.82, 2.24) is 4.98 Å². The molecule has 102 valence electrons. The fourth-order valence-corrected chi connectivity index (χ4v) is 2.87. The predicted octanol–water partition coefficient (Wildman–Crippen LogP) is 3.79. The molecule has 0 saturated heterocycles. The Balaban J connectivity index is 1.82. The van der Waals surface area contributed by atoms with Gasteiger partial charge in [0.25, 0.3) is 0 Å². The van der Waals surface area contributed by atoms with Crippen LogP contribution in [-0.4, -0.2) is 10.9 Å². The molecule has 0 saturated carbocycles. The van der Waals surface area contributed by atoms with Gasteiger partial charge in [-0.3, -0.25) is 4.79 Å². The third-order valence-corrected chi connectivity index (χ3v) is 3.89. The number of aryl methyl sites for hydroxylation is 1. The summed E-state index contributed by atoms with van der Waals surface area (Å²) in [5.74, 6) is 0.401. The molecule has 1 aromatic carbocycles. The number of pyridine rings is 1. The van der Waals surface area contributed by atoms with Crippen LogP contribution in [0, 0.1) is 0 Å². The number of halogens is 1. The SMILES string of the molecule is O=C(Nc1cc(Cl)ccn1)C1CCCc2ccccc21. The number of carbonyl (C=O) groups is 1. The Labute approximate surface area is 123 Å². The van der Waals surface area contributed by atoms with Crippen molar-refractivity contribution in [3.63, 3.8) is 0 Å². The Hall–Kier alpha value is -1.87. The zero-order chi connectivity index (χ0) is 13.9. The summed E-state index contributed by atoms with van der Waals surface area (Å²) in [6.07, 6.45) is 4.56. The van der Waals surface area contributed by atoms with Crippen molar-refractivity contribution >= 4 is 23.3 Å². The minimum atomic E-state index is -0.0965. The van der Waals surface area contributed by atoms with Gasteiger partial charge in [-0.05, 0) is 42.5 Å². The molecule has 2 aromatic rings. The molecule has 1 unspecified atom stereocenters. The number of nitrogens with zero attached hydrogens (tertiary/aromatic N) is 1. The van der Waals surface area contributed by atoms with Gasteiger partial charge in [-0.15, -0.1) is 0 Å². The van der Waals surface area contributed by atoms with E-state index >= 15 is 0 Å². The number of fused-ring (bicyclic) bond motifs is 1. The van der Waals surface area contributed by atoms with Gasteiger partial charge in [0, 0.05) is 11.2 Å². The highest BCUT2D eigenvalue weighted by Crippen LogP contribution is 2.32. The zero-order valence-corrected chi connectivity index (χ0v) is 11.7. The first kappa shape index (κ1) is 13.1. The molecular formula is C16H15ClN2O. The van der Waals surface area contributed by atoms with Crippen molar-refractivity contribution in [1.29, 1.82) is 0 Å². The van der Waals surface area contributed by atoms with Crippen LogP contribution in [0.15, 0.2) is 42.6 Å². The molecule has 1 aliphatic carbocycles. The maximum Gasteiger partial charge on any atom is 0.233 e. The van der Waals surface area contributed by atoms with Crippen LogP contribution in [0.4, 0.5) is 5.82 Å². The number of aromatic nitrogens is 1. The monoisotopic (exact) mass is 286 g/mol. The number of nitrogens with one attached hydrogen (secondary N) is 1. The lowest BCUT2D eigenvalue weighted by Gasteiger charge is -2.24. The van der Waals surface area contributed by atoms with Gasteiger partial charge >= 0.3 is 0 Å². The number of hydrogen-bond donors (Lipinski definition) is 1. The summed E-state index contributed by atoms with van der Waals surface area (Å²) in [5, 5.41) is 3.43. The van der Waals surface area contributed by atoms with E-state index in [0.717, 1.165) is 24.8 Å². The second-order valence-electron chi connectivity index (χ2n) is 4.99. The van der Waals surface area contributed by atoms with Crippen molar-refractivity contribution in [2.24, 2.45) is 0 Å². The third-order valence-electron chi connectivity index (χ3n) is 3.66. The largest absolute Gasteiger partial charge is 0.310 e. The highest BCUT2D eigenvalue weighted by Gasteiger charge is 2.26. The Morgan fingerprint density at radius 2 is 2.15 bits per heavy atom. The second kappa shape index (κ2) is 5.63. The topological polar surface area (TPSA) is 42.0 Å². The van der Waals surface area contributed by atoms with E-state index in [-0.39, 0.29) is 11.8 Å². The summed E-state index contributed by atoms with van der Waals surface area (Å²) in [7, 11) is 0. The quantitative estimate of drug-likeness (QED) is 0.912. The maximum atomic E-state index is 12.4. The van der Waals surface area contributed by atoms with E-state index in [0.29, 0.717) is 10.8 Å². The number of carbonyl (C=O) groups excluding carboxylic acids is 1. The van der Waals surface area contributed by atoms with E-state index in [9.17, 15) is 4.79 Å². The number of benzene rings is 1. The van der Waals surface area contributed by atoms with Crippen molar-refractivity contribution < 1.29 is 4.79 Å². The summed E-state index contributed by atoms with van der Waals surface area (Å²) in [5.41, 5.74) is 2.41.